The third kappa shape index (κ3) is 4.34. The third-order valence-corrected chi connectivity index (χ3v) is 3.01. The normalized spacial score (nSPS) is 20.8. The van der Waals surface area contributed by atoms with Crippen LogP contribution in [0.3, 0.4) is 0 Å². The predicted octanol–water partition coefficient (Wildman–Crippen LogP) is 2.80. The van der Waals surface area contributed by atoms with Crippen LogP contribution >= 0.6 is 11.6 Å². The first-order valence-corrected chi connectivity index (χ1v) is 6.41. The van der Waals surface area contributed by atoms with Crippen LogP contribution in [0.2, 0.25) is 0 Å². The molecule has 0 aromatic rings. The summed E-state index contributed by atoms with van der Waals surface area (Å²) in [5.74, 6) is 1.37. The van der Waals surface area contributed by atoms with E-state index < -0.39 is 0 Å². The highest BCUT2D eigenvalue weighted by atomic mass is 35.5. The summed E-state index contributed by atoms with van der Waals surface area (Å²) < 4.78 is 11.1. The van der Waals surface area contributed by atoms with Crippen LogP contribution in [-0.4, -0.2) is 26.4 Å². The fourth-order valence-electron chi connectivity index (χ4n) is 1.74. The van der Waals surface area contributed by atoms with Crippen LogP contribution < -0.4 is 5.73 Å². The Bertz CT molecular complexity index is 311. The molecule has 0 saturated heterocycles. The lowest BCUT2D eigenvalue weighted by Gasteiger charge is -2.24. The highest BCUT2D eigenvalue weighted by molar-refractivity contribution is 6.30. The molecule has 0 radical (unpaired) electrons. The molecule has 1 unspecified atom stereocenters. The van der Waals surface area contributed by atoms with Gasteiger partial charge in [-0.2, -0.15) is 0 Å². The Kier molecular flexibility index (Phi) is 6.03. The van der Waals surface area contributed by atoms with Gasteiger partial charge in [0.05, 0.1) is 17.7 Å². The van der Waals surface area contributed by atoms with E-state index in [0.29, 0.717) is 24.1 Å². The van der Waals surface area contributed by atoms with Crippen LogP contribution in [0.15, 0.2) is 22.4 Å². The van der Waals surface area contributed by atoms with Crippen LogP contribution in [0, 0.1) is 5.92 Å². The van der Waals surface area contributed by atoms with Gasteiger partial charge in [-0.1, -0.05) is 25.4 Å². The van der Waals surface area contributed by atoms with Gasteiger partial charge in [0.2, 0.25) is 0 Å². The maximum absolute atomic E-state index is 6.15. The molecule has 1 aliphatic carbocycles. The summed E-state index contributed by atoms with van der Waals surface area (Å²) in [4.78, 5) is 0. The summed E-state index contributed by atoms with van der Waals surface area (Å²) in [6.45, 7) is 5.55. The minimum absolute atomic E-state index is 0.0513. The molecule has 4 heteroatoms. The predicted molar refractivity (Wildman–Crippen MR) is 70.8 cm³/mol. The second-order valence-electron chi connectivity index (χ2n) is 4.67. The van der Waals surface area contributed by atoms with Crippen LogP contribution in [-0.2, 0) is 9.47 Å². The van der Waals surface area contributed by atoms with Gasteiger partial charge in [-0.3, -0.25) is 0 Å². The molecule has 1 atom stereocenters. The van der Waals surface area contributed by atoms with Crippen LogP contribution in [0.4, 0.5) is 0 Å². The first-order valence-electron chi connectivity index (χ1n) is 6.03. The molecule has 2 N–H and O–H groups in total. The lowest BCUT2D eigenvalue weighted by atomic mass is 9.98. The van der Waals surface area contributed by atoms with Crippen LogP contribution in [0.1, 0.15) is 26.7 Å². The standard InChI is InChI=1S/C13H22ClNO2/c1-9(2)8-17-12-7-11(14)13(16-3)6-10(12)4-5-15/h7,9,13H,4-6,8,15H2,1-3H3. The minimum Gasteiger partial charge on any atom is -0.493 e. The molecule has 0 amide bonds. The molecular weight excluding hydrogens is 238 g/mol. The third-order valence-electron chi connectivity index (χ3n) is 2.66. The van der Waals surface area contributed by atoms with Crippen molar-refractivity contribution in [2.24, 2.45) is 11.7 Å². The SMILES string of the molecule is COC1CC(CCN)=C(OCC(C)C)C=C1Cl. The zero-order chi connectivity index (χ0) is 12.8. The average Bonchev–Trinajstić information content (AvgIpc) is 2.29. The lowest BCUT2D eigenvalue weighted by Crippen LogP contribution is -2.19. The largest absolute Gasteiger partial charge is 0.493 e. The van der Waals surface area contributed by atoms with Crippen molar-refractivity contribution in [3.63, 3.8) is 0 Å². The number of methoxy groups -OCH3 is 1. The highest BCUT2D eigenvalue weighted by Gasteiger charge is 2.22. The van der Waals surface area contributed by atoms with Crippen molar-refractivity contribution < 1.29 is 9.47 Å². The van der Waals surface area contributed by atoms with E-state index in [2.05, 4.69) is 13.8 Å². The maximum atomic E-state index is 6.15. The fraction of sp³-hybridized carbons (Fsp3) is 0.692. The van der Waals surface area contributed by atoms with Crippen molar-refractivity contribution in [1.82, 2.24) is 0 Å². The molecule has 0 fully saturated rings. The van der Waals surface area contributed by atoms with Crippen molar-refractivity contribution in [2.75, 3.05) is 20.3 Å². The summed E-state index contributed by atoms with van der Waals surface area (Å²) >= 11 is 6.15. The number of rotatable bonds is 6. The van der Waals surface area contributed by atoms with E-state index in [1.165, 1.54) is 5.57 Å². The van der Waals surface area contributed by atoms with Gasteiger partial charge in [-0.05, 0) is 30.5 Å². The van der Waals surface area contributed by atoms with Crippen molar-refractivity contribution in [2.45, 2.75) is 32.8 Å². The Hall–Kier alpha value is -0.510. The topological polar surface area (TPSA) is 44.5 Å². The lowest BCUT2D eigenvalue weighted by molar-refractivity contribution is 0.126. The molecule has 0 spiro atoms. The number of nitrogens with two attached hydrogens (primary N) is 1. The number of allylic oxidation sites excluding steroid dienone is 1. The van der Waals surface area contributed by atoms with Gasteiger partial charge in [0.25, 0.3) is 0 Å². The molecule has 0 aromatic carbocycles. The van der Waals surface area contributed by atoms with E-state index in [-0.39, 0.29) is 6.10 Å². The highest BCUT2D eigenvalue weighted by Crippen LogP contribution is 2.30. The van der Waals surface area contributed by atoms with E-state index in [0.717, 1.165) is 18.6 Å². The second kappa shape index (κ2) is 7.04. The van der Waals surface area contributed by atoms with Crippen molar-refractivity contribution >= 4 is 11.6 Å². The zero-order valence-electron chi connectivity index (χ0n) is 10.8. The number of ether oxygens (including phenoxy) is 2. The van der Waals surface area contributed by atoms with Gasteiger partial charge in [0.1, 0.15) is 5.76 Å². The Morgan fingerprint density at radius 3 is 2.76 bits per heavy atom. The Labute approximate surface area is 109 Å². The molecule has 0 heterocycles. The van der Waals surface area contributed by atoms with E-state index in [4.69, 9.17) is 26.8 Å². The van der Waals surface area contributed by atoms with Crippen LogP contribution in [0.5, 0.6) is 0 Å². The Balaban J connectivity index is 2.78. The van der Waals surface area contributed by atoms with Gasteiger partial charge in [0, 0.05) is 13.5 Å². The zero-order valence-corrected chi connectivity index (χ0v) is 11.6. The summed E-state index contributed by atoms with van der Waals surface area (Å²) in [5, 5.41) is 0.701. The number of hydrogen-bond donors (Lipinski definition) is 1. The van der Waals surface area contributed by atoms with E-state index in [1.807, 2.05) is 6.08 Å². The molecule has 0 bridgehead atoms. The second-order valence-corrected chi connectivity index (χ2v) is 5.11. The smallest absolute Gasteiger partial charge is 0.119 e. The molecular formula is C13H22ClNO2. The minimum atomic E-state index is -0.0513. The van der Waals surface area contributed by atoms with Gasteiger partial charge in [0.15, 0.2) is 0 Å². The summed E-state index contributed by atoms with van der Waals surface area (Å²) in [7, 11) is 1.67. The molecule has 0 aliphatic heterocycles. The molecule has 0 saturated carbocycles. The molecule has 17 heavy (non-hydrogen) atoms. The van der Waals surface area contributed by atoms with Crippen molar-refractivity contribution in [1.29, 1.82) is 0 Å². The first kappa shape index (κ1) is 14.6. The Morgan fingerprint density at radius 1 is 1.53 bits per heavy atom. The van der Waals surface area contributed by atoms with E-state index >= 15 is 0 Å². The fourth-order valence-corrected chi connectivity index (χ4v) is 2.00. The Morgan fingerprint density at radius 2 is 2.24 bits per heavy atom. The number of halogens is 1. The summed E-state index contributed by atoms with van der Waals surface area (Å²) in [6.07, 6.45) is 3.42. The van der Waals surface area contributed by atoms with E-state index in [9.17, 15) is 0 Å². The molecule has 0 aromatic heterocycles. The quantitative estimate of drug-likeness (QED) is 0.798. The monoisotopic (exact) mass is 259 g/mol. The van der Waals surface area contributed by atoms with Crippen LogP contribution in [0.25, 0.3) is 0 Å². The molecule has 1 rings (SSSR count). The maximum Gasteiger partial charge on any atom is 0.119 e. The van der Waals surface area contributed by atoms with Gasteiger partial charge >= 0.3 is 0 Å². The summed E-state index contributed by atoms with van der Waals surface area (Å²) in [5.41, 5.74) is 6.81. The van der Waals surface area contributed by atoms with Crippen molar-refractivity contribution in [3.05, 3.63) is 22.4 Å². The first-order chi connectivity index (χ1) is 8.08. The van der Waals surface area contributed by atoms with E-state index in [1.54, 1.807) is 7.11 Å². The molecule has 1 aliphatic rings. The number of hydrogen-bond acceptors (Lipinski definition) is 3. The van der Waals surface area contributed by atoms with Gasteiger partial charge in [-0.25, -0.2) is 0 Å². The average molecular weight is 260 g/mol. The van der Waals surface area contributed by atoms with Crippen molar-refractivity contribution in [3.8, 4) is 0 Å². The molecule has 3 nitrogen and oxygen atoms in total. The van der Waals surface area contributed by atoms with Gasteiger partial charge < -0.3 is 15.2 Å². The van der Waals surface area contributed by atoms with Gasteiger partial charge in [-0.15, -0.1) is 0 Å². The molecule has 98 valence electrons. The summed E-state index contributed by atoms with van der Waals surface area (Å²) in [6, 6.07) is 0.